The fourth-order valence-corrected chi connectivity index (χ4v) is 4.88. The van der Waals surface area contributed by atoms with Crippen molar-refractivity contribution in [3.63, 3.8) is 0 Å². The van der Waals surface area contributed by atoms with Crippen LogP contribution in [0.25, 0.3) is 10.9 Å². The van der Waals surface area contributed by atoms with Gasteiger partial charge in [-0.2, -0.15) is 0 Å². The smallest absolute Gasteiger partial charge is 0.262 e. The van der Waals surface area contributed by atoms with Gasteiger partial charge in [0.05, 0.1) is 34.8 Å². The van der Waals surface area contributed by atoms with Gasteiger partial charge in [-0.1, -0.05) is 53.7 Å². The maximum atomic E-state index is 13.3. The topological polar surface area (TPSA) is 73.2 Å². The molecule has 8 heteroatoms. The summed E-state index contributed by atoms with van der Waals surface area (Å²) < 4.78 is 7.40. The number of halogens is 1. The molecule has 2 aromatic carbocycles. The minimum Gasteiger partial charge on any atom is -0.376 e. The van der Waals surface area contributed by atoms with E-state index in [0.717, 1.165) is 18.4 Å². The molecule has 0 radical (unpaired) electrons. The number of hydrogen-bond donors (Lipinski definition) is 1. The first kappa shape index (κ1) is 22.8. The first-order valence-corrected chi connectivity index (χ1v) is 12.0. The Morgan fingerprint density at radius 2 is 2.06 bits per heavy atom. The van der Waals surface area contributed by atoms with Gasteiger partial charge < -0.3 is 10.1 Å². The van der Waals surface area contributed by atoms with Crippen molar-refractivity contribution in [2.75, 3.05) is 6.61 Å². The van der Waals surface area contributed by atoms with Crippen LogP contribution in [0.3, 0.4) is 0 Å². The van der Waals surface area contributed by atoms with Crippen LogP contribution in [0.5, 0.6) is 0 Å². The van der Waals surface area contributed by atoms with Crippen molar-refractivity contribution in [3.05, 3.63) is 69.5 Å². The van der Waals surface area contributed by atoms with Gasteiger partial charge in [-0.3, -0.25) is 14.2 Å². The van der Waals surface area contributed by atoms with Crippen LogP contribution in [0.2, 0.25) is 5.02 Å². The third-order valence-corrected chi connectivity index (χ3v) is 6.93. The van der Waals surface area contributed by atoms with Crippen molar-refractivity contribution in [3.8, 4) is 0 Å². The van der Waals surface area contributed by atoms with E-state index in [1.807, 2.05) is 44.2 Å². The predicted molar refractivity (Wildman–Crippen MR) is 128 cm³/mol. The van der Waals surface area contributed by atoms with E-state index in [4.69, 9.17) is 21.3 Å². The fourth-order valence-electron chi connectivity index (χ4n) is 3.78. The van der Waals surface area contributed by atoms with Gasteiger partial charge >= 0.3 is 0 Å². The van der Waals surface area contributed by atoms with Crippen molar-refractivity contribution >= 4 is 40.2 Å². The van der Waals surface area contributed by atoms with Gasteiger partial charge in [0.15, 0.2) is 5.16 Å². The summed E-state index contributed by atoms with van der Waals surface area (Å²) in [6.45, 7) is 4.90. The second-order valence-electron chi connectivity index (χ2n) is 8.01. The Hall–Kier alpha value is -2.35. The van der Waals surface area contributed by atoms with E-state index in [0.29, 0.717) is 34.2 Å². The molecule has 0 spiro atoms. The summed E-state index contributed by atoms with van der Waals surface area (Å²) in [5.74, 6) is -0.115. The molecule has 1 aliphatic heterocycles. The molecule has 4 rings (SSSR count). The highest BCUT2D eigenvalue weighted by atomic mass is 35.5. The number of thioether (sulfide) groups is 1. The van der Waals surface area contributed by atoms with E-state index in [9.17, 15) is 9.59 Å². The number of ether oxygens (including phenoxy) is 1. The van der Waals surface area contributed by atoms with Crippen molar-refractivity contribution in [1.82, 2.24) is 14.9 Å². The normalized spacial score (nSPS) is 17.9. The minimum atomic E-state index is -0.444. The Kier molecular flexibility index (Phi) is 7.18. The molecule has 1 fully saturated rings. The molecule has 168 valence electrons. The zero-order valence-electron chi connectivity index (χ0n) is 18.1. The SMILES string of the molecule is C[C@H](Sc1nc2cc(Cl)ccc2c(=O)n1C[C@H]1CCCO1)C(=O)N[C@@H](C)c1ccccc1. The van der Waals surface area contributed by atoms with Gasteiger partial charge in [0, 0.05) is 11.6 Å². The maximum absolute atomic E-state index is 13.3. The van der Waals surface area contributed by atoms with Gasteiger partial charge in [-0.05, 0) is 50.5 Å². The number of amides is 1. The number of carbonyl (C=O) groups excluding carboxylic acids is 1. The van der Waals surface area contributed by atoms with E-state index in [2.05, 4.69) is 5.32 Å². The highest BCUT2D eigenvalue weighted by molar-refractivity contribution is 8.00. The number of nitrogens with one attached hydrogen (secondary N) is 1. The Bertz CT molecular complexity index is 1160. The predicted octanol–water partition coefficient (Wildman–Crippen LogP) is 4.59. The largest absolute Gasteiger partial charge is 0.376 e. The molecule has 3 aromatic rings. The molecule has 1 saturated heterocycles. The lowest BCUT2D eigenvalue weighted by Crippen LogP contribution is -2.34. The van der Waals surface area contributed by atoms with Crippen molar-refractivity contribution in [2.24, 2.45) is 0 Å². The van der Waals surface area contributed by atoms with Gasteiger partial charge in [0.25, 0.3) is 5.56 Å². The Morgan fingerprint density at radius 3 is 2.78 bits per heavy atom. The van der Waals surface area contributed by atoms with E-state index in [1.165, 1.54) is 11.8 Å². The molecule has 1 aliphatic rings. The molecule has 0 bridgehead atoms. The van der Waals surface area contributed by atoms with E-state index in [-0.39, 0.29) is 23.6 Å². The molecular formula is C24H26ClN3O3S. The van der Waals surface area contributed by atoms with E-state index >= 15 is 0 Å². The second kappa shape index (κ2) is 10.1. The zero-order valence-corrected chi connectivity index (χ0v) is 19.7. The third-order valence-electron chi connectivity index (χ3n) is 5.60. The van der Waals surface area contributed by atoms with Gasteiger partial charge in [-0.15, -0.1) is 0 Å². The highest BCUT2D eigenvalue weighted by Crippen LogP contribution is 2.26. The molecule has 0 aliphatic carbocycles. The summed E-state index contributed by atoms with van der Waals surface area (Å²) in [7, 11) is 0. The van der Waals surface area contributed by atoms with Crippen molar-refractivity contribution in [1.29, 1.82) is 0 Å². The van der Waals surface area contributed by atoms with Gasteiger partial charge in [-0.25, -0.2) is 4.98 Å². The molecule has 1 aromatic heterocycles. The van der Waals surface area contributed by atoms with Gasteiger partial charge in [0.2, 0.25) is 5.91 Å². The lowest BCUT2D eigenvalue weighted by Gasteiger charge is -2.20. The second-order valence-corrected chi connectivity index (χ2v) is 9.75. The van der Waals surface area contributed by atoms with Crippen LogP contribution in [0.15, 0.2) is 58.5 Å². The molecule has 6 nitrogen and oxygen atoms in total. The lowest BCUT2D eigenvalue weighted by molar-refractivity contribution is -0.120. The molecule has 2 heterocycles. The Balaban J connectivity index is 1.59. The Labute approximate surface area is 196 Å². The lowest BCUT2D eigenvalue weighted by atomic mass is 10.1. The highest BCUT2D eigenvalue weighted by Gasteiger charge is 2.24. The van der Waals surface area contributed by atoms with Crippen LogP contribution in [0, 0.1) is 0 Å². The van der Waals surface area contributed by atoms with Crippen LogP contribution in [0.1, 0.15) is 38.3 Å². The maximum Gasteiger partial charge on any atom is 0.262 e. The quantitative estimate of drug-likeness (QED) is 0.403. The van der Waals surface area contributed by atoms with Crippen molar-refractivity contribution in [2.45, 2.75) is 55.8 Å². The number of rotatable bonds is 7. The fraction of sp³-hybridized carbons (Fsp3) is 0.375. The summed E-state index contributed by atoms with van der Waals surface area (Å²) in [5.41, 5.74) is 1.42. The van der Waals surface area contributed by atoms with E-state index < -0.39 is 5.25 Å². The molecule has 1 N–H and O–H groups in total. The summed E-state index contributed by atoms with van der Waals surface area (Å²) >= 11 is 7.41. The molecule has 3 atom stereocenters. The summed E-state index contributed by atoms with van der Waals surface area (Å²) in [6.07, 6.45) is 1.86. The standard InChI is InChI=1S/C24H26ClN3O3S/c1-15(17-7-4-3-5-8-17)26-22(29)16(2)32-24-27-21-13-18(25)10-11-20(21)23(30)28(24)14-19-9-6-12-31-19/h3-5,7-8,10-11,13,15-16,19H,6,9,12,14H2,1-2H3,(H,26,29)/t15-,16-,19+/m0/s1. The van der Waals surface area contributed by atoms with Gasteiger partial charge in [0.1, 0.15) is 0 Å². The first-order chi connectivity index (χ1) is 15.4. The zero-order chi connectivity index (χ0) is 22.7. The number of hydrogen-bond acceptors (Lipinski definition) is 5. The molecule has 0 saturated carbocycles. The van der Waals surface area contributed by atoms with Crippen LogP contribution in [0.4, 0.5) is 0 Å². The summed E-state index contributed by atoms with van der Waals surface area (Å²) in [5, 5.41) is 4.12. The van der Waals surface area contributed by atoms with Crippen LogP contribution >= 0.6 is 23.4 Å². The average Bonchev–Trinajstić information content (AvgIpc) is 3.30. The molecular weight excluding hydrogens is 446 g/mol. The minimum absolute atomic E-state index is 0.0270. The van der Waals surface area contributed by atoms with E-state index in [1.54, 1.807) is 22.8 Å². The van der Waals surface area contributed by atoms with Crippen LogP contribution in [-0.2, 0) is 16.1 Å². The summed E-state index contributed by atoms with van der Waals surface area (Å²) in [6, 6.07) is 14.8. The number of benzene rings is 2. The Morgan fingerprint density at radius 1 is 1.28 bits per heavy atom. The van der Waals surface area contributed by atoms with Crippen molar-refractivity contribution < 1.29 is 9.53 Å². The first-order valence-electron chi connectivity index (χ1n) is 10.8. The number of nitrogens with zero attached hydrogens (tertiary/aromatic N) is 2. The number of carbonyl (C=O) groups is 1. The molecule has 32 heavy (non-hydrogen) atoms. The molecule has 0 unspecified atom stereocenters. The van der Waals surface area contributed by atoms with Crippen LogP contribution < -0.4 is 10.9 Å². The number of aromatic nitrogens is 2. The number of fused-ring (bicyclic) bond motifs is 1. The van der Waals surface area contributed by atoms with Crippen LogP contribution in [-0.4, -0.2) is 33.4 Å². The monoisotopic (exact) mass is 471 g/mol. The molecule has 1 amide bonds. The average molecular weight is 472 g/mol. The third kappa shape index (κ3) is 5.17. The summed E-state index contributed by atoms with van der Waals surface area (Å²) in [4.78, 5) is 30.9.